The molecule has 0 aliphatic carbocycles. The number of hydrogen-bond donors (Lipinski definition) is 2. The topological polar surface area (TPSA) is 78.5 Å². The predicted molar refractivity (Wildman–Crippen MR) is 78.1 cm³/mol. The van der Waals surface area contributed by atoms with E-state index in [-0.39, 0.29) is 11.9 Å². The van der Waals surface area contributed by atoms with Gasteiger partial charge < -0.3 is 10.6 Å². The standard InChI is InChI=1S/C12H19N3O3S2/c1-9-7-13-5-6-15(9)20(17,18)12-4-3-11(19-12)8-14-10(2)16/h3-4,9,13H,5-8H2,1-2H3,(H,14,16). The minimum Gasteiger partial charge on any atom is -0.351 e. The summed E-state index contributed by atoms with van der Waals surface area (Å²) in [5.74, 6) is -0.126. The summed E-state index contributed by atoms with van der Waals surface area (Å²) in [6.45, 7) is 5.54. The van der Waals surface area contributed by atoms with E-state index in [1.54, 1.807) is 12.1 Å². The van der Waals surface area contributed by atoms with Crippen LogP contribution in [0.2, 0.25) is 0 Å². The molecular formula is C12H19N3O3S2. The summed E-state index contributed by atoms with van der Waals surface area (Å²) in [4.78, 5) is 11.7. The molecule has 1 saturated heterocycles. The number of carbonyl (C=O) groups is 1. The Balaban J connectivity index is 2.15. The Bertz CT molecular complexity index is 583. The van der Waals surface area contributed by atoms with Gasteiger partial charge in [-0.2, -0.15) is 4.31 Å². The van der Waals surface area contributed by atoms with Crippen LogP contribution in [0.3, 0.4) is 0 Å². The van der Waals surface area contributed by atoms with Crippen LogP contribution in [0.5, 0.6) is 0 Å². The number of rotatable bonds is 4. The van der Waals surface area contributed by atoms with Gasteiger partial charge in [-0.25, -0.2) is 8.42 Å². The normalized spacial score (nSPS) is 20.8. The SMILES string of the molecule is CC(=O)NCc1ccc(S(=O)(=O)N2CCNCC2C)s1. The average Bonchev–Trinajstić information content (AvgIpc) is 2.86. The minimum atomic E-state index is -3.43. The number of nitrogens with zero attached hydrogens (tertiary/aromatic N) is 1. The second kappa shape index (κ2) is 6.21. The highest BCUT2D eigenvalue weighted by Crippen LogP contribution is 2.26. The second-order valence-electron chi connectivity index (χ2n) is 4.80. The molecule has 2 rings (SSSR count). The molecule has 1 aliphatic heterocycles. The molecule has 1 aromatic rings. The van der Waals surface area contributed by atoms with E-state index >= 15 is 0 Å². The van der Waals surface area contributed by atoms with Crippen LogP contribution >= 0.6 is 11.3 Å². The first-order valence-electron chi connectivity index (χ1n) is 6.47. The van der Waals surface area contributed by atoms with E-state index in [2.05, 4.69) is 10.6 Å². The number of amides is 1. The molecule has 112 valence electrons. The molecular weight excluding hydrogens is 298 g/mol. The summed E-state index contributed by atoms with van der Waals surface area (Å²) in [5, 5.41) is 5.84. The summed E-state index contributed by atoms with van der Waals surface area (Å²) >= 11 is 1.21. The van der Waals surface area contributed by atoms with Crippen molar-refractivity contribution in [1.82, 2.24) is 14.9 Å². The molecule has 2 N–H and O–H groups in total. The van der Waals surface area contributed by atoms with Gasteiger partial charge in [0, 0.05) is 37.5 Å². The maximum atomic E-state index is 12.6. The summed E-state index contributed by atoms with van der Waals surface area (Å²) in [7, 11) is -3.43. The van der Waals surface area contributed by atoms with E-state index in [9.17, 15) is 13.2 Å². The molecule has 0 saturated carbocycles. The molecule has 1 atom stereocenters. The Kier molecular flexibility index (Phi) is 4.79. The Morgan fingerprint density at radius 3 is 2.95 bits per heavy atom. The summed E-state index contributed by atoms with van der Waals surface area (Å²) < 4.78 is 27.0. The van der Waals surface area contributed by atoms with Crippen LogP contribution in [0.15, 0.2) is 16.3 Å². The number of carbonyl (C=O) groups excluding carboxylic acids is 1. The van der Waals surface area contributed by atoms with Crippen molar-refractivity contribution >= 4 is 27.3 Å². The zero-order valence-electron chi connectivity index (χ0n) is 11.5. The van der Waals surface area contributed by atoms with Crippen molar-refractivity contribution in [2.45, 2.75) is 30.6 Å². The van der Waals surface area contributed by atoms with Crippen molar-refractivity contribution in [3.05, 3.63) is 17.0 Å². The van der Waals surface area contributed by atoms with Crippen LogP contribution in [0.4, 0.5) is 0 Å². The van der Waals surface area contributed by atoms with Gasteiger partial charge in [0.25, 0.3) is 10.0 Å². The number of hydrogen-bond acceptors (Lipinski definition) is 5. The first kappa shape index (κ1) is 15.4. The fraction of sp³-hybridized carbons (Fsp3) is 0.583. The van der Waals surface area contributed by atoms with Crippen LogP contribution in [0.25, 0.3) is 0 Å². The Labute approximate surface area is 123 Å². The zero-order valence-corrected chi connectivity index (χ0v) is 13.2. The lowest BCUT2D eigenvalue weighted by molar-refractivity contribution is -0.119. The number of nitrogens with one attached hydrogen (secondary N) is 2. The highest BCUT2D eigenvalue weighted by molar-refractivity contribution is 7.91. The second-order valence-corrected chi connectivity index (χ2v) is 8.09. The van der Waals surface area contributed by atoms with Gasteiger partial charge >= 0.3 is 0 Å². The van der Waals surface area contributed by atoms with Crippen LogP contribution in [-0.2, 0) is 21.4 Å². The van der Waals surface area contributed by atoms with Gasteiger partial charge in [-0.05, 0) is 19.1 Å². The number of sulfonamides is 1. The van der Waals surface area contributed by atoms with Crippen molar-refractivity contribution in [2.24, 2.45) is 0 Å². The zero-order chi connectivity index (χ0) is 14.8. The molecule has 1 fully saturated rings. The van der Waals surface area contributed by atoms with Gasteiger partial charge in [-0.15, -0.1) is 11.3 Å². The lowest BCUT2D eigenvalue weighted by Crippen LogP contribution is -2.51. The monoisotopic (exact) mass is 317 g/mol. The molecule has 0 radical (unpaired) electrons. The minimum absolute atomic E-state index is 0.0466. The molecule has 0 spiro atoms. The van der Waals surface area contributed by atoms with Gasteiger partial charge in [-0.3, -0.25) is 4.79 Å². The Hall–Kier alpha value is -0.960. The van der Waals surface area contributed by atoms with Gasteiger partial charge in [0.1, 0.15) is 4.21 Å². The lowest BCUT2D eigenvalue weighted by Gasteiger charge is -2.32. The molecule has 1 aliphatic rings. The summed E-state index contributed by atoms with van der Waals surface area (Å²) in [6, 6.07) is 3.32. The fourth-order valence-corrected chi connectivity index (χ4v) is 5.15. The molecule has 2 heterocycles. The molecule has 0 bridgehead atoms. The molecule has 6 nitrogen and oxygen atoms in total. The van der Waals surface area contributed by atoms with Crippen LogP contribution in [0.1, 0.15) is 18.7 Å². The van der Waals surface area contributed by atoms with E-state index in [4.69, 9.17) is 0 Å². The van der Waals surface area contributed by atoms with Crippen LogP contribution in [0, 0.1) is 0 Å². The Morgan fingerprint density at radius 1 is 1.55 bits per heavy atom. The highest BCUT2D eigenvalue weighted by atomic mass is 32.2. The number of thiophene rings is 1. The first-order chi connectivity index (χ1) is 9.41. The third kappa shape index (κ3) is 3.38. The quantitative estimate of drug-likeness (QED) is 0.841. The van der Waals surface area contributed by atoms with E-state index in [0.29, 0.717) is 30.4 Å². The van der Waals surface area contributed by atoms with E-state index in [1.165, 1.54) is 22.6 Å². The van der Waals surface area contributed by atoms with Crippen LogP contribution < -0.4 is 10.6 Å². The van der Waals surface area contributed by atoms with Crippen LogP contribution in [-0.4, -0.2) is 44.3 Å². The molecule has 8 heteroatoms. The maximum absolute atomic E-state index is 12.6. The van der Waals surface area contributed by atoms with Crippen molar-refractivity contribution < 1.29 is 13.2 Å². The fourth-order valence-electron chi connectivity index (χ4n) is 2.10. The van der Waals surface area contributed by atoms with Gasteiger partial charge in [-0.1, -0.05) is 0 Å². The summed E-state index contributed by atoms with van der Waals surface area (Å²) in [6.07, 6.45) is 0. The summed E-state index contributed by atoms with van der Waals surface area (Å²) in [5.41, 5.74) is 0. The lowest BCUT2D eigenvalue weighted by atomic mass is 10.3. The van der Waals surface area contributed by atoms with E-state index in [0.717, 1.165) is 4.88 Å². The van der Waals surface area contributed by atoms with Crippen molar-refractivity contribution in [2.75, 3.05) is 19.6 Å². The van der Waals surface area contributed by atoms with E-state index in [1.807, 2.05) is 6.92 Å². The average molecular weight is 317 g/mol. The molecule has 1 aromatic heterocycles. The van der Waals surface area contributed by atoms with E-state index < -0.39 is 10.0 Å². The molecule has 1 unspecified atom stereocenters. The number of piperazine rings is 1. The predicted octanol–water partition coefficient (Wildman–Crippen LogP) is 0.367. The van der Waals surface area contributed by atoms with Gasteiger partial charge in [0.2, 0.25) is 5.91 Å². The van der Waals surface area contributed by atoms with Crippen molar-refractivity contribution in [3.63, 3.8) is 0 Å². The third-order valence-electron chi connectivity index (χ3n) is 3.15. The first-order valence-corrected chi connectivity index (χ1v) is 8.72. The maximum Gasteiger partial charge on any atom is 0.252 e. The smallest absolute Gasteiger partial charge is 0.252 e. The van der Waals surface area contributed by atoms with Gasteiger partial charge in [0.05, 0.1) is 6.54 Å². The van der Waals surface area contributed by atoms with Crippen molar-refractivity contribution in [3.8, 4) is 0 Å². The highest BCUT2D eigenvalue weighted by Gasteiger charge is 2.31. The largest absolute Gasteiger partial charge is 0.351 e. The van der Waals surface area contributed by atoms with Gasteiger partial charge in [0.15, 0.2) is 0 Å². The van der Waals surface area contributed by atoms with Crippen molar-refractivity contribution in [1.29, 1.82) is 0 Å². The molecule has 20 heavy (non-hydrogen) atoms. The Morgan fingerprint density at radius 2 is 2.30 bits per heavy atom. The third-order valence-corrected chi connectivity index (χ3v) is 6.72. The molecule has 0 aromatic carbocycles. The molecule has 1 amide bonds.